The summed E-state index contributed by atoms with van der Waals surface area (Å²) in [6.07, 6.45) is -4.14. The minimum Gasteiger partial charge on any atom is -0.389 e. The van der Waals surface area contributed by atoms with Crippen molar-refractivity contribution in [3.63, 3.8) is 0 Å². The second kappa shape index (κ2) is 9.76. The third-order valence-electron chi connectivity index (χ3n) is 6.42. The van der Waals surface area contributed by atoms with E-state index in [-0.39, 0.29) is 6.61 Å². The van der Waals surface area contributed by atoms with Gasteiger partial charge in [0.1, 0.15) is 24.1 Å². The Bertz CT molecular complexity index is 1510. The van der Waals surface area contributed by atoms with E-state index in [2.05, 4.69) is 41.0 Å². The molecule has 2 saturated heterocycles. The van der Waals surface area contributed by atoms with Gasteiger partial charge in [0.25, 0.3) is 0 Å². The van der Waals surface area contributed by atoms with E-state index in [0.717, 1.165) is 30.9 Å². The summed E-state index contributed by atoms with van der Waals surface area (Å²) in [5.41, 5.74) is 11.7. The maximum absolute atomic E-state index is 11.4. The van der Waals surface area contributed by atoms with Crippen LogP contribution < -0.4 is 0 Å². The maximum atomic E-state index is 11.4. The number of rotatable bonds is 4. The van der Waals surface area contributed by atoms with Crippen LogP contribution in [0.3, 0.4) is 0 Å². The average Bonchev–Trinajstić information content (AvgIpc) is 3.46. The lowest BCUT2D eigenvalue weighted by atomic mass is 9.91. The van der Waals surface area contributed by atoms with E-state index in [0.29, 0.717) is 11.6 Å². The number of ether oxygens (including phenoxy) is 3. The van der Waals surface area contributed by atoms with Crippen molar-refractivity contribution in [2.24, 2.45) is 5.11 Å². The Morgan fingerprint density at radius 2 is 2.00 bits per heavy atom. The van der Waals surface area contributed by atoms with Crippen molar-refractivity contribution < 1.29 is 19.3 Å². The van der Waals surface area contributed by atoms with Crippen molar-refractivity contribution in [1.29, 1.82) is 0 Å². The van der Waals surface area contributed by atoms with E-state index in [1.807, 2.05) is 49.4 Å². The fraction of sp³-hybridized carbons (Fsp3) is 0.375. The maximum Gasteiger partial charge on any atom is 0.184 e. The number of aliphatic hydroxyl groups is 1. The number of thiazole rings is 1. The van der Waals surface area contributed by atoms with Gasteiger partial charge in [-0.05, 0) is 47.4 Å². The number of hydrogen-bond donors (Lipinski definition) is 1. The Labute approximate surface area is 223 Å². The number of nitrogens with zero attached hydrogens (tertiary/aromatic N) is 7. The summed E-state index contributed by atoms with van der Waals surface area (Å²) in [6, 6.07) is 12.4. The fourth-order valence-corrected chi connectivity index (χ4v) is 6.15. The monoisotopic (exact) mass is 583 g/mol. The van der Waals surface area contributed by atoms with Crippen molar-refractivity contribution >= 4 is 37.5 Å². The van der Waals surface area contributed by atoms with Gasteiger partial charge in [0.2, 0.25) is 0 Å². The molecule has 2 aromatic heterocycles. The Morgan fingerprint density at radius 1 is 1.19 bits per heavy atom. The molecule has 2 aromatic carbocycles. The van der Waals surface area contributed by atoms with E-state index in [9.17, 15) is 10.6 Å². The number of aryl methyl sites for hydroxylation is 2. The molecule has 2 fully saturated rings. The van der Waals surface area contributed by atoms with Crippen LogP contribution in [0.5, 0.6) is 0 Å². The second-order valence-electron chi connectivity index (χ2n) is 8.89. The third-order valence-corrected chi connectivity index (χ3v) is 7.99. The van der Waals surface area contributed by atoms with Gasteiger partial charge in [-0.25, -0.2) is 14.6 Å². The summed E-state index contributed by atoms with van der Waals surface area (Å²) < 4.78 is 21.8. The first-order valence-electron chi connectivity index (χ1n) is 11.6. The van der Waals surface area contributed by atoms with Gasteiger partial charge in [-0.2, -0.15) is 5.10 Å². The Kier molecular flexibility index (Phi) is 6.45. The minimum atomic E-state index is -1.23. The number of benzene rings is 2. The first-order chi connectivity index (χ1) is 17.9. The third kappa shape index (κ3) is 4.42. The van der Waals surface area contributed by atoms with Crippen LogP contribution in [0.25, 0.3) is 26.3 Å². The van der Waals surface area contributed by atoms with Crippen molar-refractivity contribution in [3.05, 3.63) is 79.6 Å². The molecule has 4 heterocycles. The first kappa shape index (κ1) is 24.4. The molecule has 2 aliphatic rings. The molecule has 11 nitrogen and oxygen atoms in total. The van der Waals surface area contributed by atoms with Crippen LogP contribution in [0, 0.1) is 13.8 Å². The topological polar surface area (TPSA) is 140 Å². The van der Waals surface area contributed by atoms with Crippen molar-refractivity contribution in [3.8, 4) is 5.69 Å². The van der Waals surface area contributed by atoms with Crippen LogP contribution in [-0.2, 0) is 14.2 Å². The van der Waals surface area contributed by atoms with Crippen LogP contribution in [0.4, 0.5) is 0 Å². The molecule has 1 N–H and O–H groups in total. The number of halogens is 1. The molecule has 0 radical (unpaired) electrons. The van der Waals surface area contributed by atoms with E-state index in [4.69, 9.17) is 14.2 Å². The zero-order valence-electron chi connectivity index (χ0n) is 19.8. The summed E-state index contributed by atoms with van der Waals surface area (Å²) in [7, 11) is 0. The number of fused-ring (bicyclic) bond motifs is 2. The summed E-state index contributed by atoms with van der Waals surface area (Å²) >= 11 is 5.21. The fourth-order valence-electron chi connectivity index (χ4n) is 4.81. The number of hydrogen-bond acceptors (Lipinski definition) is 9. The summed E-state index contributed by atoms with van der Waals surface area (Å²) in [6.45, 7) is 3.91. The molecule has 6 rings (SSSR count). The quantitative estimate of drug-likeness (QED) is 0.205. The average molecular weight is 584 g/mol. The van der Waals surface area contributed by atoms with E-state index >= 15 is 0 Å². The van der Waals surface area contributed by atoms with E-state index < -0.39 is 36.7 Å². The molecule has 3 unspecified atom stereocenters. The largest absolute Gasteiger partial charge is 0.389 e. The van der Waals surface area contributed by atoms with Gasteiger partial charge in [-0.1, -0.05) is 35.4 Å². The summed E-state index contributed by atoms with van der Waals surface area (Å²) in [5, 5.41) is 20.9. The van der Waals surface area contributed by atoms with Gasteiger partial charge in [0, 0.05) is 14.9 Å². The van der Waals surface area contributed by atoms with Crippen LogP contribution in [-0.4, -0.2) is 55.8 Å². The molecule has 0 bridgehead atoms. The first-order valence-corrected chi connectivity index (χ1v) is 13.2. The molecular weight excluding hydrogens is 562 g/mol. The predicted molar refractivity (Wildman–Crippen MR) is 138 cm³/mol. The molecule has 0 amide bonds. The van der Waals surface area contributed by atoms with Crippen molar-refractivity contribution in [1.82, 2.24) is 19.7 Å². The second-order valence-corrected chi connectivity index (χ2v) is 11.0. The molecule has 2 aliphatic heterocycles. The SMILES string of the molecule is Cc1nc([C@@H]2OC3COC(c4ccccc4)O[C@@H]3[C@H](N=[N+]=[N-])C2O)n(-c2cc3sc(C)nc3cc2Br)n1. The standard InChI is InChI=1S/C24H22BrN7O4S/c1-11-27-23(32(30-11)16-9-18-15(8-14(16)25)28-12(2)37-18)22-20(33)19(29-31-26)21-17(35-22)10-34-24(36-21)13-6-4-3-5-7-13/h3-9,17,19-22,24,33H,10H2,1-2H3/t17?,19-,20?,21+,22-,24?/m1/s1. The van der Waals surface area contributed by atoms with Gasteiger partial charge >= 0.3 is 0 Å². The molecule has 0 aliphatic carbocycles. The Hall–Kier alpha value is -2.90. The lowest BCUT2D eigenvalue weighted by Gasteiger charge is -2.46. The minimum absolute atomic E-state index is 0.188. The number of aromatic nitrogens is 4. The van der Waals surface area contributed by atoms with Gasteiger partial charge in [-0.15, -0.1) is 11.3 Å². The molecule has 190 valence electrons. The van der Waals surface area contributed by atoms with E-state index in [1.165, 1.54) is 0 Å². The number of azide groups is 1. The molecule has 13 heteroatoms. The molecule has 37 heavy (non-hydrogen) atoms. The van der Waals surface area contributed by atoms with Gasteiger partial charge in [-0.3, -0.25) is 0 Å². The molecule has 6 atom stereocenters. The smallest absolute Gasteiger partial charge is 0.184 e. The van der Waals surface area contributed by atoms with Gasteiger partial charge in [0.15, 0.2) is 12.1 Å². The molecular formula is C24H22BrN7O4S. The lowest BCUT2D eigenvalue weighted by molar-refractivity contribution is -0.309. The zero-order chi connectivity index (χ0) is 25.7. The summed E-state index contributed by atoms with van der Waals surface area (Å²) in [4.78, 5) is 12.1. The van der Waals surface area contributed by atoms with Crippen molar-refractivity contribution in [2.45, 2.75) is 50.6 Å². The predicted octanol–water partition coefficient (Wildman–Crippen LogP) is 4.85. The highest BCUT2D eigenvalue weighted by Crippen LogP contribution is 2.41. The van der Waals surface area contributed by atoms with Crippen LogP contribution >= 0.6 is 27.3 Å². The highest BCUT2D eigenvalue weighted by atomic mass is 79.9. The Balaban J connectivity index is 1.36. The zero-order valence-corrected chi connectivity index (χ0v) is 22.2. The van der Waals surface area contributed by atoms with Crippen LogP contribution in [0.15, 0.2) is 52.1 Å². The number of aliphatic hydroxyl groups excluding tert-OH is 1. The highest BCUT2D eigenvalue weighted by molar-refractivity contribution is 9.10. The van der Waals surface area contributed by atoms with Crippen LogP contribution in [0.2, 0.25) is 0 Å². The van der Waals surface area contributed by atoms with Crippen molar-refractivity contribution in [2.75, 3.05) is 6.61 Å². The molecule has 0 saturated carbocycles. The summed E-state index contributed by atoms with van der Waals surface area (Å²) in [5.74, 6) is 0.883. The Morgan fingerprint density at radius 3 is 2.78 bits per heavy atom. The van der Waals surface area contributed by atoms with Gasteiger partial charge < -0.3 is 19.3 Å². The molecule has 0 spiro atoms. The van der Waals surface area contributed by atoms with Gasteiger partial charge in [0.05, 0.1) is 39.7 Å². The highest BCUT2D eigenvalue weighted by Gasteiger charge is 2.51. The van der Waals surface area contributed by atoms with E-state index in [1.54, 1.807) is 22.9 Å². The lowest BCUT2D eigenvalue weighted by Crippen LogP contribution is -2.58. The molecule has 4 aromatic rings. The normalized spacial score (nSPS) is 27.6. The van der Waals surface area contributed by atoms with Crippen LogP contribution in [0.1, 0.15) is 34.6 Å².